The van der Waals surface area contributed by atoms with Gasteiger partial charge in [0.15, 0.2) is 0 Å². The lowest BCUT2D eigenvalue weighted by molar-refractivity contribution is 0.00681. The highest BCUT2D eigenvalue weighted by Crippen LogP contribution is 2.25. The second-order valence-electron chi connectivity index (χ2n) is 4.98. The van der Waals surface area contributed by atoms with Gasteiger partial charge in [0.1, 0.15) is 0 Å². The molecule has 0 saturated carbocycles. The highest BCUT2D eigenvalue weighted by Gasteiger charge is 2.23. The Labute approximate surface area is 104 Å². The molecule has 17 heavy (non-hydrogen) atoms. The van der Waals surface area contributed by atoms with E-state index in [9.17, 15) is 0 Å². The molecule has 0 radical (unpaired) electrons. The van der Waals surface area contributed by atoms with Crippen molar-refractivity contribution < 1.29 is 4.74 Å². The van der Waals surface area contributed by atoms with E-state index in [4.69, 9.17) is 10.6 Å². The van der Waals surface area contributed by atoms with Crippen molar-refractivity contribution in [1.82, 2.24) is 5.43 Å². The van der Waals surface area contributed by atoms with Crippen LogP contribution in [0.15, 0.2) is 24.3 Å². The number of ether oxygens (including phenoxy) is 1. The Balaban J connectivity index is 2.79. The van der Waals surface area contributed by atoms with Gasteiger partial charge in [0.25, 0.3) is 0 Å². The van der Waals surface area contributed by atoms with Crippen molar-refractivity contribution >= 4 is 0 Å². The molecule has 0 bridgehead atoms. The van der Waals surface area contributed by atoms with Gasteiger partial charge in [0, 0.05) is 13.2 Å². The standard InChI is InChI=1S/C14H24N2O/c1-5-11-6-8-12(9-7-11)13(16-15)10-14(2,3)17-4/h6-9,13,16H,5,10,15H2,1-4H3. The molecule has 3 heteroatoms. The van der Waals surface area contributed by atoms with E-state index >= 15 is 0 Å². The number of nitrogens with two attached hydrogens (primary N) is 1. The summed E-state index contributed by atoms with van der Waals surface area (Å²) in [6, 6.07) is 8.69. The van der Waals surface area contributed by atoms with E-state index < -0.39 is 0 Å². The zero-order chi connectivity index (χ0) is 12.9. The minimum atomic E-state index is -0.180. The maximum absolute atomic E-state index is 5.63. The SMILES string of the molecule is CCc1ccc(C(CC(C)(C)OC)NN)cc1. The predicted octanol–water partition coefficient (Wildman–Crippen LogP) is 2.57. The molecule has 96 valence electrons. The van der Waals surface area contributed by atoms with Crippen LogP contribution in [-0.2, 0) is 11.2 Å². The second-order valence-corrected chi connectivity index (χ2v) is 4.98. The summed E-state index contributed by atoms with van der Waals surface area (Å²) in [6.45, 7) is 6.29. The van der Waals surface area contributed by atoms with Gasteiger partial charge in [-0.05, 0) is 37.8 Å². The van der Waals surface area contributed by atoms with Gasteiger partial charge in [-0.25, -0.2) is 0 Å². The average Bonchev–Trinajstić information content (AvgIpc) is 2.36. The lowest BCUT2D eigenvalue weighted by Crippen LogP contribution is -2.35. The summed E-state index contributed by atoms with van der Waals surface area (Å²) in [6.07, 6.45) is 1.90. The van der Waals surface area contributed by atoms with Crippen LogP contribution in [0.4, 0.5) is 0 Å². The van der Waals surface area contributed by atoms with Gasteiger partial charge in [-0.1, -0.05) is 31.2 Å². The zero-order valence-corrected chi connectivity index (χ0v) is 11.3. The van der Waals surface area contributed by atoms with Gasteiger partial charge in [0.2, 0.25) is 0 Å². The smallest absolute Gasteiger partial charge is 0.0641 e. The number of methoxy groups -OCH3 is 1. The number of benzene rings is 1. The molecule has 0 aliphatic heterocycles. The number of rotatable bonds is 6. The predicted molar refractivity (Wildman–Crippen MR) is 71.6 cm³/mol. The Kier molecular flexibility index (Phi) is 5.12. The number of hydrogen-bond donors (Lipinski definition) is 2. The third-order valence-electron chi connectivity index (χ3n) is 3.24. The largest absolute Gasteiger partial charge is 0.379 e. The van der Waals surface area contributed by atoms with Gasteiger partial charge < -0.3 is 4.74 Å². The van der Waals surface area contributed by atoms with E-state index in [-0.39, 0.29) is 11.6 Å². The summed E-state index contributed by atoms with van der Waals surface area (Å²) in [4.78, 5) is 0. The Hall–Kier alpha value is -0.900. The van der Waals surface area contributed by atoms with Crippen LogP contribution in [0.2, 0.25) is 0 Å². The average molecular weight is 236 g/mol. The minimum absolute atomic E-state index is 0.121. The van der Waals surface area contributed by atoms with E-state index in [1.807, 2.05) is 0 Å². The second kappa shape index (κ2) is 6.15. The van der Waals surface area contributed by atoms with Gasteiger partial charge in [-0.15, -0.1) is 0 Å². The Morgan fingerprint density at radius 3 is 2.29 bits per heavy atom. The topological polar surface area (TPSA) is 47.3 Å². The number of hydrogen-bond acceptors (Lipinski definition) is 3. The molecular formula is C14H24N2O. The lowest BCUT2D eigenvalue weighted by atomic mass is 9.93. The molecule has 1 aromatic carbocycles. The molecule has 0 saturated heterocycles. The first-order chi connectivity index (χ1) is 8.02. The lowest BCUT2D eigenvalue weighted by Gasteiger charge is -2.28. The Morgan fingerprint density at radius 1 is 1.29 bits per heavy atom. The van der Waals surface area contributed by atoms with Crippen LogP contribution in [0.3, 0.4) is 0 Å². The maximum atomic E-state index is 5.63. The van der Waals surface area contributed by atoms with Crippen molar-refractivity contribution in [2.75, 3.05) is 7.11 Å². The minimum Gasteiger partial charge on any atom is -0.379 e. The van der Waals surface area contributed by atoms with E-state index in [2.05, 4.69) is 50.5 Å². The fourth-order valence-corrected chi connectivity index (χ4v) is 1.83. The van der Waals surface area contributed by atoms with Crippen LogP contribution in [0.25, 0.3) is 0 Å². The molecule has 1 atom stereocenters. The van der Waals surface area contributed by atoms with Crippen LogP contribution in [0, 0.1) is 0 Å². The first kappa shape index (κ1) is 14.2. The van der Waals surface area contributed by atoms with E-state index in [1.54, 1.807) is 7.11 Å². The Morgan fingerprint density at radius 2 is 1.88 bits per heavy atom. The normalized spacial score (nSPS) is 13.7. The third-order valence-corrected chi connectivity index (χ3v) is 3.24. The molecule has 0 heterocycles. The highest BCUT2D eigenvalue weighted by molar-refractivity contribution is 5.25. The van der Waals surface area contributed by atoms with Crippen molar-refractivity contribution in [3.63, 3.8) is 0 Å². The molecule has 1 rings (SSSR count). The first-order valence-corrected chi connectivity index (χ1v) is 6.12. The summed E-state index contributed by atoms with van der Waals surface area (Å²) in [7, 11) is 1.73. The van der Waals surface area contributed by atoms with Crippen molar-refractivity contribution in [2.24, 2.45) is 5.84 Å². The van der Waals surface area contributed by atoms with Crippen molar-refractivity contribution in [3.8, 4) is 0 Å². The summed E-state index contributed by atoms with van der Waals surface area (Å²) < 4.78 is 5.44. The first-order valence-electron chi connectivity index (χ1n) is 6.12. The zero-order valence-electron chi connectivity index (χ0n) is 11.3. The molecule has 0 aromatic heterocycles. The molecule has 0 amide bonds. The molecule has 0 aliphatic carbocycles. The third kappa shape index (κ3) is 4.11. The monoisotopic (exact) mass is 236 g/mol. The molecular weight excluding hydrogens is 212 g/mol. The summed E-state index contributed by atoms with van der Waals surface area (Å²) in [5.41, 5.74) is 5.23. The van der Waals surface area contributed by atoms with Crippen LogP contribution in [0.1, 0.15) is 44.4 Å². The van der Waals surface area contributed by atoms with E-state index in [0.717, 1.165) is 12.8 Å². The molecule has 0 fully saturated rings. The van der Waals surface area contributed by atoms with Crippen LogP contribution in [-0.4, -0.2) is 12.7 Å². The fourth-order valence-electron chi connectivity index (χ4n) is 1.83. The summed E-state index contributed by atoms with van der Waals surface area (Å²) in [5.74, 6) is 5.63. The van der Waals surface area contributed by atoms with E-state index in [1.165, 1.54) is 11.1 Å². The molecule has 0 spiro atoms. The van der Waals surface area contributed by atoms with Gasteiger partial charge in [-0.2, -0.15) is 0 Å². The maximum Gasteiger partial charge on any atom is 0.0641 e. The Bertz CT molecular complexity index is 333. The van der Waals surface area contributed by atoms with Gasteiger partial charge >= 0.3 is 0 Å². The number of nitrogens with one attached hydrogen (secondary N) is 1. The van der Waals surface area contributed by atoms with Crippen molar-refractivity contribution in [2.45, 2.75) is 45.3 Å². The van der Waals surface area contributed by atoms with Crippen LogP contribution in [0.5, 0.6) is 0 Å². The number of aryl methyl sites for hydroxylation is 1. The fraction of sp³-hybridized carbons (Fsp3) is 0.571. The molecule has 1 unspecified atom stereocenters. The summed E-state index contributed by atoms with van der Waals surface area (Å²) in [5, 5.41) is 0. The quantitative estimate of drug-likeness (QED) is 0.589. The van der Waals surface area contributed by atoms with Gasteiger partial charge in [-0.3, -0.25) is 11.3 Å². The summed E-state index contributed by atoms with van der Waals surface area (Å²) >= 11 is 0. The van der Waals surface area contributed by atoms with Gasteiger partial charge in [0.05, 0.1) is 5.60 Å². The molecule has 3 N–H and O–H groups in total. The van der Waals surface area contributed by atoms with Crippen molar-refractivity contribution in [3.05, 3.63) is 35.4 Å². The van der Waals surface area contributed by atoms with Crippen LogP contribution < -0.4 is 11.3 Å². The van der Waals surface area contributed by atoms with Crippen LogP contribution >= 0.6 is 0 Å². The molecule has 0 aliphatic rings. The van der Waals surface area contributed by atoms with E-state index in [0.29, 0.717) is 0 Å². The number of hydrazine groups is 1. The van der Waals surface area contributed by atoms with Crippen molar-refractivity contribution in [1.29, 1.82) is 0 Å². The molecule has 3 nitrogen and oxygen atoms in total. The highest BCUT2D eigenvalue weighted by atomic mass is 16.5. The molecule has 1 aromatic rings.